The predicted molar refractivity (Wildman–Crippen MR) is 45.5 cm³/mol. The van der Waals surface area contributed by atoms with Gasteiger partial charge in [-0.2, -0.15) is 0 Å². The van der Waals surface area contributed by atoms with Crippen LogP contribution in [-0.2, 0) is 4.79 Å². The molecular weight excluding hydrogens is 140 g/mol. The van der Waals surface area contributed by atoms with Crippen molar-refractivity contribution in [3.63, 3.8) is 0 Å². The van der Waals surface area contributed by atoms with E-state index in [4.69, 9.17) is 5.11 Å². The van der Waals surface area contributed by atoms with E-state index in [0.29, 0.717) is 0 Å². The van der Waals surface area contributed by atoms with Crippen LogP contribution in [0.15, 0.2) is 12.2 Å². The van der Waals surface area contributed by atoms with Crippen molar-refractivity contribution in [1.29, 1.82) is 0 Å². The van der Waals surface area contributed by atoms with Gasteiger partial charge in [0.2, 0.25) is 0 Å². The Balaban J connectivity index is 0.000000183. The Morgan fingerprint density at radius 1 is 1.55 bits per heavy atom. The first-order valence-electron chi connectivity index (χ1n) is 3.93. The van der Waals surface area contributed by atoms with E-state index < -0.39 is 5.97 Å². The molecule has 1 aliphatic rings. The normalized spacial score (nSPS) is 15.8. The molecule has 0 unspecified atom stereocenters. The molecule has 0 radical (unpaired) electrons. The SMILES string of the molecule is C=C(C)C(=O)O.CC1CCC1. The van der Waals surface area contributed by atoms with Gasteiger partial charge in [0, 0.05) is 5.57 Å². The zero-order valence-electron chi connectivity index (χ0n) is 7.26. The van der Waals surface area contributed by atoms with Crippen LogP contribution in [0, 0.1) is 5.92 Å². The molecule has 1 N–H and O–H groups in total. The van der Waals surface area contributed by atoms with E-state index in [-0.39, 0.29) is 5.57 Å². The summed E-state index contributed by atoms with van der Waals surface area (Å²) < 4.78 is 0. The topological polar surface area (TPSA) is 37.3 Å². The summed E-state index contributed by atoms with van der Waals surface area (Å²) in [4.78, 5) is 9.60. The van der Waals surface area contributed by atoms with Crippen LogP contribution >= 0.6 is 0 Å². The average Bonchev–Trinajstić information content (AvgIpc) is 1.85. The fraction of sp³-hybridized carbons (Fsp3) is 0.667. The molecule has 64 valence electrons. The molecule has 2 heteroatoms. The van der Waals surface area contributed by atoms with E-state index in [1.54, 1.807) is 0 Å². The lowest BCUT2D eigenvalue weighted by molar-refractivity contribution is -0.132. The van der Waals surface area contributed by atoms with Gasteiger partial charge in [-0.25, -0.2) is 4.79 Å². The molecule has 0 spiro atoms. The summed E-state index contributed by atoms with van der Waals surface area (Å²) in [6.07, 6.45) is 4.46. The van der Waals surface area contributed by atoms with E-state index in [9.17, 15) is 4.79 Å². The molecule has 0 bridgehead atoms. The third-order valence-electron chi connectivity index (χ3n) is 1.76. The highest BCUT2D eigenvalue weighted by molar-refractivity contribution is 5.84. The van der Waals surface area contributed by atoms with Crippen LogP contribution in [0.25, 0.3) is 0 Å². The summed E-state index contributed by atoms with van der Waals surface area (Å²) in [5.74, 6) is 0.130. The Labute approximate surface area is 67.9 Å². The second-order valence-electron chi connectivity index (χ2n) is 3.12. The third kappa shape index (κ3) is 5.64. The summed E-state index contributed by atoms with van der Waals surface area (Å²) in [5, 5.41) is 7.89. The predicted octanol–water partition coefficient (Wildman–Crippen LogP) is 2.45. The zero-order valence-corrected chi connectivity index (χ0v) is 7.26. The second-order valence-corrected chi connectivity index (χ2v) is 3.12. The van der Waals surface area contributed by atoms with Gasteiger partial charge in [0.15, 0.2) is 0 Å². The molecule has 0 heterocycles. The van der Waals surface area contributed by atoms with Crippen LogP contribution < -0.4 is 0 Å². The highest BCUT2D eigenvalue weighted by Crippen LogP contribution is 2.24. The fourth-order valence-electron chi connectivity index (χ4n) is 0.612. The maximum Gasteiger partial charge on any atom is 0.330 e. The first-order chi connectivity index (χ1) is 5.04. The van der Waals surface area contributed by atoms with Crippen LogP contribution in [0.3, 0.4) is 0 Å². The van der Waals surface area contributed by atoms with Crippen LogP contribution in [-0.4, -0.2) is 11.1 Å². The van der Waals surface area contributed by atoms with Gasteiger partial charge in [-0.1, -0.05) is 32.8 Å². The van der Waals surface area contributed by atoms with E-state index in [2.05, 4.69) is 13.5 Å². The van der Waals surface area contributed by atoms with Gasteiger partial charge in [0.25, 0.3) is 0 Å². The Kier molecular flexibility index (Phi) is 4.59. The van der Waals surface area contributed by atoms with Crippen molar-refractivity contribution in [3.05, 3.63) is 12.2 Å². The largest absolute Gasteiger partial charge is 0.478 e. The second kappa shape index (κ2) is 4.94. The highest BCUT2D eigenvalue weighted by atomic mass is 16.4. The number of carboxylic acids is 1. The maximum atomic E-state index is 9.60. The zero-order chi connectivity index (χ0) is 8.85. The standard InChI is InChI=1S/C5H10.C4H6O2/c1-5-3-2-4-5;1-3(2)4(5)6/h5H,2-4H2,1H3;1H2,2H3,(H,5,6). The van der Waals surface area contributed by atoms with E-state index in [1.807, 2.05) is 0 Å². The molecule has 0 amide bonds. The Morgan fingerprint density at radius 2 is 1.82 bits per heavy atom. The van der Waals surface area contributed by atoms with Gasteiger partial charge in [0.1, 0.15) is 0 Å². The van der Waals surface area contributed by atoms with Gasteiger partial charge in [0.05, 0.1) is 0 Å². The van der Waals surface area contributed by atoms with Crippen molar-refractivity contribution in [1.82, 2.24) is 0 Å². The van der Waals surface area contributed by atoms with Crippen LogP contribution in [0.5, 0.6) is 0 Å². The number of aliphatic carboxylic acids is 1. The number of hydrogen-bond acceptors (Lipinski definition) is 1. The summed E-state index contributed by atoms with van der Waals surface area (Å²) in [5.41, 5.74) is 0.176. The summed E-state index contributed by atoms with van der Waals surface area (Å²) >= 11 is 0. The molecule has 0 aliphatic heterocycles. The molecule has 0 saturated heterocycles. The molecule has 1 aliphatic carbocycles. The summed E-state index contributed by atoms with van der Waals surface area (Å²) in [7, 11) is 0. The van der Waals surface area contributed by atoms with Gasteiger partial charge >= 0.3 is 5.97 Å². The Morgan fingerprint density at radius 3 is 1.82 bits per heavy atom. The number of hydrogen-bond donors (Lipinski definition) is 1. The van der Waals surface area contributed by atoms with E-state index >= 15 is 0 Å². The molecule has 0 aromatic rings. The molecule has 0 aromatic heterocycles. The van der Waals surface area contributed by atoms with Crippen molar-refractivity contribution < 1.29 is 9.90 Å². The van der Waals surface area contributed by atoms with Gasteiger partial charge in [-0.3, -0.25) is 0 Å². The molecule has 1 saturated carbocycles. The lowest BCUT2D eigenvalue weighted by Crippen LogP contribution is -2.04. The van der Waals surface area contributed by atoms with Crippen molar-refractivity contribution in [3.8, 4) is 0 Å². The Hall–Kier alpha value is -0.790. The Bertz CT molecular complexity index is 134. The van der Waals surface area contributed by atoms with Crippen LogP contribution in [0.4, 0.5) is 0 Å². The van der Waals surface area contributed by atoms with E-state index in [1.165, 1.54) is 26.2 Å². The summed E-state index contributed by atoms with van der Waals surface area (Å²) in [6.45, 7) is 6.91. The minimum Gasteiger partial charge on any atom is -0.478 e. The molecule has 2 nitrogen and oxygen atoms in total. The van der Waals surface area contributed by atoms with Gasteiger partial charge < -0.3 is 5.11 Å². The number of carbonyl (C=O) groups is 1. The molecule has 0 aromatic carbocycles. The summed E-state index contributed by atoms with van der Waals surface area (Å²) in [6, 6.07) is 0. The lowest BCUT2D eigenvalue weighted by Gasteiger charge is -2.18. The fourth-order valence-corrected chi connectivity index (χ4v) is 0.612. The molecule has 0 atom stereocenters. The number of rotatable bonds is 1. The monoisotopic (exact) mass is 156 g/mol. The third-order valence-corrected chi connectivity index (χ3v) is 1.76. The quantitative estimate of drug-likeness (QED) is 0.592. The number of carboxylic acid groups (broad SMARTS) is 1. The van der Waals surface area contributed by atoms with Crippen LogP contribution in [0.2, 0.25) is 0 Å². The maximum absolute atomic E-state index is 9.60. The molecule has 1 fully saturated rings. The first kappa shape index (κ1) is 10.2. The average molecular weight is 156 g/mol. The van der Waals surface area contributed by atoms with Gasteiger partial charge in [-0.05, 0) is 12.8 Å². The molecular formula is C9H16O2. The minimum atomic E-state index is -0.935. The highest BCUT2D eigenvalue weighted by Gasteiger charge is 2.09. The lowest BCUT2D eigenvalue weighted by atomic mass is 9.88. The van der Waals surface area contributed by atoms with Crippen LogP contribution in [0.1, 0.15) is 33.1 Å². The van der Waals surface area contributed by atoms with Gasteiger partial charge in [-0.15, -0.1) is 0 Å². The van der Waals surface area contributed by atoms with E-state index in [0.717, 1.165) is 5.92 Å². The van der Waals surface area contributed by atoms with Crippen molar-refractivity contribution in [2.45, 2.75) is 33.1 Å². The smallest absolute Gasteiger partial charge is 0.330 e. The minimum absolute atomic E-state index is 0.176. The first-order valence-corrected chi connectivity index (χ1v) is 3.93. The molecule has 11 heavy (non-hydrogen) atoms. The van der Waals surface area contributed by atoms with Crippen molar-refractivity contribution >= 4 is 5.97 Å². The van der Waals surface area contributed by atoms with Crippen molar-refractivity contribution in [2.24, 2.45) is 5.92 Å². The van der Waals surface area contributed by atoms with Crippen molar-refractivity contribution in [2.75, 3.05) is 0 Å². The molecule has 1 rings (SSSR count).